The number of nitriles is 2. The van der Waals surface area contributed by atoms with E-state index in [0.29, 0.717) is 11.1 Å². The normalized spacial score (nSPS) is 12.1. The van der Waals surface area contributed by atoms with Crippen molar-refractivity contribution in [2.24, 2.45) is 0 Å². The fourth-order valence-electron chi connectivity index (χ4n) is 6.56. The lowest BCUT2D eigenvalue weighted by atomic mass is 10.0. The molecule has 0 atom stereocenters. The molecule has 2 heterocycles. The molecule has 0 amide bonds. The molecule has 5 rings (SSSR count). The average molecular weight is 790 g/mol. The van der Waals surface area contributed by atoms with Gasteiger partial charge in [0.25, 0.3) is 0 Å². The molecule has 6 heteroatoms. The number of rotatable bonds is 21. The summed E-state index contributed by atoms with van der Waals surface area (Å²) in [6.45, 7) is 8.19. The quantitative estimate of drug-likeness (QED) is 0.0549. The highest BCUT2D eigenvalue weighted by atomic mass is 32.1. The molecule has 0 aliphatic rings. The highest BCUT2D eigenvalue weighted by molar-refractivity contribution is 7.14. The van der Waals surface area contributed by atoms with Crippen molar-refractivity contribution in [1.82, 2.24) is 0 Å². The molecule has 0 saturated carbocycles. The Bertz CT molecular complexity index is 2050. The molecule has 0 aliphatic carbocycles. The fraction of sp³-hybridized carbons (Fsp3) is 0.294. The van der Waals surface area contributed by atoms with Crippen molar-refractivity contribution < 1.29 is 4.74 Å². The second-order valence-electron chi connectivity index (χ2n) is 14.5. The van der Waals surface area contributed by atoms with E-state index in [4.69, 9.17) is 15.3 Å². The van der Waals surface area contributed by atoms with Gasteiger partial charge in [0.15, 0.2) is 0 Å². The Morgan fingerprint density at radius 2 is 0.947 bits per heavy atom. The number of hydrogen-bond acceptors (Lipinski definition) is 6. The third-order valence-corrected chi connectivity index (χ3v) is 11.7. The second-order valence-corrected chi connectivity index (χ2v) is 16.8. The van der Waals surface area contributed by atoms with Gasteiger partial charge in [0, 0.05) is 47.7 Å². The molecule has 0 spiro atoms. The number of ether oxygens (including phenoxy) is 1. The monoisotopic (exact) mass is 789 g/mol. The summed E-state index contributed by atoms with van der Waals surface area (Å²) in [4.78, 5) is 6.73. The van der Waals surface area contributed by atoms with E-state index in [2.05, 4.69) is 152 Å². The maximum Gasteiger partial charge on any atom is 0.119 e. The predicted molar refractivity (Wildman–Crippen MR) is 248 cm³/mol. The summed E-state index contributed by atoms with van der Waals surface area (Å²) in [7, 11) is 0. The van der Waals surface area contributed by atoms with Gasteiger partial charge < -0.3 is 9.64 Å². The third kappa shape index (κ3) is 13.9. The molecule has 0 aliphatic heterocycles. The van der Waals surface area contributed by atoms with Gasteiger partial charge in [0.1, 0.15) is 5.75 Å². The second kappa shape index (κ2) is 23.0. The SMILES string of the molecule is CCCCCCC(CCCCCC)Oc1ccc(N(c2ccc(/C=C/c3ccc(/C=C(/C)C#N)s3)cc2)c2ccc(/C=C/c3ccc(/C=C(/C)C#N)s3)cc2)cc1. The lowest BCUT2D eigenvalue weighted by Gasteiger charge is -2.26. The van der Waals surface area contributed by atoms with Crippen molar-refractivity contribution in [2.75, 3.05) is 4.90 Å². The molecule has 0 saturated heterocycles. The summed E-state index contributed by atoms with van der Waals surface area (Å²) in [5.74, 6) is 0.931. The van der Waals surface area contributed by atoms with Gasteiger partial charge in [-0.2, -0.15) is 10.5 Å². The fourth-order valence-corrected chi connectivity index (χ4v) is 8.39. The minimum absolute atomic E-state index is 0.250. The number of hydrogen-bond donors (Lipinski definition) is 0. The van der Waals surface area contributed by atoms with Crippen LogP contribution in [-0.2, 0) is 0 Å². The van der Waals surface area contributed by atoms with Gasteiger partial charge in [-0.3, -0.25) is 0 Å². The van der Waals surface area contributed by atoms with E-state index in [0.717, 1.165) is 66.3 Å². The van der Waals surface area contributed by atoms with Crippen LogP contribution in [0.4, 0.5) is 17.1 Å². The maximum atomic E-state index is 9.14. The highest BCUT2D eigenvalue weighted by Gasteiger charge is 2.15. The summed E-state index contributed by atoms with van der Waals surface area (Å²) >= 11 is 3.34. The molecule has 5 aromatic rings. The van der Waals surface area contributed by atoms with Crippen LogP contribution in [0.3, 0.4) is 0 Å². The van der Waals surface area contributed by atoms with E-state index in [9.17, 15) is 0 Å². The topological polar surface area (TPSA) is 60.0 Å². The van der Waals surface area contributed by atoms with E-state index in [1.54, 1.807) is 22.7 Å². The number of nitrogens with zero attached hydrogens (tertiary/aromatic N) is 3. The highest BCUT2D eigenvalue weighted by Crippen LogP contribution is 2.36. The van der Waals surface area contributed by atoms with Crippen LogP contribution in [0.1, 0.15) is 123 Å². The Balaban J connectivity index is 1.37. The van der Waals surface area contributed by atoms with Crippen LogP contribution in [0, 0.1) is 22.7 Å². The molecule has 292 valence electrons. The maximum absolute atomic E-state index is 9.14. The zero-order valence-corrected chi connectivity index (χ0v) is 35.5. The lowest BCUT2D eigenvalue weighted by Crippen LogP contribution is -2.17. The molecular formula is C51H55N3OS2. The van der Waals surface area contributed by atoms with Crippen LogP contribution in [-0.4, -0.2) is 6.10 Å². The third-order valence-electron chi connectivity index (χ3n) is 9.71. The molecule has 0 fully saturated rings. The van der Waals surface area contributed by atoms with Crippen LogP contribution < -0.4 is 9.64 Å². The first-order chi connectivity index (χ1) is 27.9. The Hall–Kier alpha value is -5.40. The number of allylic oxidation sites excluding steroid dienone is 2. The lowest BCUT2D eigenvalue weighted by molar-refractivity contribution is 0.173. The molecule has 4 nitrogen and oxygen atoms in total. The summed E-state index contributed by atoms with van der Waals surface area (Å²) in [6.07, 6.45) is 24.9. The van der Waals surface area contributed by atoms with Crippen molar-refractivity contribution in [1.29, 1.82) is 10.5 Å². The number of benzene rings is 3. The summed E-state index contributed by atoms with van der Waals surface area (Å²) < 4.78 is 6.66. The zero-order chi connectivity index (χ0) is 40.2. The average Bonchev–Trinajstić information content (AvgIpc) is 3.89. The number of unbranched alkanes of at least 4 members (excludes halogenated alkanes) is 6. The molecule has 2 aromatic heterocycles. The van der Waals surface area contributed by atoms with E-state index in [-0.39, 0.29) is 6.10 Å². The largest absolute Gasteiger partial charge is 0.490 e. The Kier molecular flexibility index (Phi) is 17.2. The Labute approximate surface area is 349 Å². The van der Waals surface area contributed by atoms with Gasteiger partial charge in [-0.1, -0.05) is 88.8 Å². The van der Waals surface area contributed by atoms with E-state index in [1.807, 2.05) is 26.0 Å². The molecule has 0 bridgehead atoms. The van der Waals surface area contributed by atoms with Crippen LogP contribution in [0.25, 0.3) is 36.5 Å². The summed E-state index contributed by atoms with van der Waals surface area (Å²) in [5, 5.41) is 18.3. The van der Waals surface area contributed by atoms with Crippen LogP contribution in [0.2, 0.25) is 0 Å². The van der Waals surface area contributed by atoms with Crippen molar-refractivity contribution in [3.05, 3.63) is 139 Å². The Morgan fingerprint density at radius 1 is 0.544 bits per heavy atom. The first-order valence-electron chi connectivity index (χ1n) is 20.4. The van der Waals surface area contributed by atoms with E-state index < -0.39 is 0 Å². The minimum Gasteiger partial charge on any atom is -0.490 e. The molecule has 0 N–H and O–H groups in total. The van der Waals surface area contributed by atoms with Crippen LogP contribution >= 0.6 is 22.7 Å². The Morgan fingerprint density at radius 3 is 1.35 bits per heavy atom. The van der Waals surface area contributed by atoms with Gasteiger partial charge in [0.2, 0.25) is 0 Å². The van der Waals surface area contributed by atoms with Crippen molar-refractivity contribution in [3.63, 3.8) is 0 Å². The summed E-state index contributed by atoms with van der Waals surface area (Å²) in [5.41, 5.74) is 6.83. The molecule has 3 aromatic carbocycles. The van der Waals surface area contributed by atoms with Gasteiger partial charge in [-0.15, -0.1) is 22.7 Å². The summed E-state index contributed by atoms with van der Waals surface area (Å²) in [6, 6.07) is 38.6. The van der Waals surface area contributed by atoms with Gasteiger partial charge in [-0.25, -0.2) is 0 Å². The number of anilines is 3. The van der Waals surface area contributed by atoms with E-state index >= 15 is 0 Å². The van der Waals surface area contributed by atoms with Crippen LogP contribution in [0.5, 0.6) is 5.75 Å². The van der Waals surface area contributed by atoms with Gasteiger partial charge in [0.05, 0.1) is 18.2 Å². The van der Waals surface area contributed by atoms with Gasteiger partial charge in [-0.05, 0) is 148 Å². The minimum atomic E-state index is 0.250. The predicted octanol–water partition coefficient (Wildman–Crippen LogP) is 16.2. The zero-order valence-electron chi connectivity index (χ0n) is 33.9. The smallest absolute Gasteiger partial charge is 0.119 e. The molecule has 0 radical (unpaired) electrons. The van der Waals surface area contributed by atoms with Crippen LogP contribution in [0.15, 0.2) is 108 Å². The number of thiophene rings is 2. The van der Waals surface area contributed by atoms with E-state index in [1.165, 1.54) is 51.4 Å². The molecule has 57 heavy (non-hydrogen) atoms. The first kappa shape index (κ1) is 42.7. The van der Waals surface area contributed by atoms with Crippen molar-refractivity contribution in [3.8, 4) is 17.9 Å². The van der Waals surface area contributed by atoms with Gasteiger partial charge >= 0.3 is 0 Å². The standard InChI is InChI=1S/C51H55N3OS2/c1-5-7-9-11-13-46(14-12-10-8-6-2)55-47-27-25-45(26-28-47)54(43-21-15-41(16-22-43)19-29-48-31-33-50(56-48)35-39(3)37-52)44-23-17-42(18-24-44)20-30-49-32-34-51(57-49)36-40(4)38-53/h15-36,46H,5-14H2,1-4H3/b29-19+,30-20+,39-35-,40-36-. The first-order valence-corrected chi connectivity index (χ1v) is 22.0. The molecular weight excluding hydrogens is 735 g/mol. The molecule has 0 unspecified atom stereocenters. The van der Waals surface area contributed by atoms with Crippen molar-refractivity contribution in [2.45, 2.75) is 98.0 Å². The van der Waals surface area contributed by atoms with Crippen molar-refractivity contribution >= 4 is 76.2 Å².